The first-order valence-electron chi connectivity index (χ1n) is 4.88. The fourth-order valence-electron chi connectivity index (χ4n) is 0.718. The van der Waals surface area contributed by atoms with E-state index < -0.39 is 5.41 Å². The Morgan fingerprint density at radius 1 is 1.47 bits per heavy atom. The fraction of sp³-hybridized carbons (Fsp3) is 0.636. The standard InChI is InChI=1S/C11H19NO3/c1-6-9(13)12-7-8(2)15-10(14)11(3,4)5/h6,8H,1,7H2,2-5H3,(H,12,13). The van der Waals surface area contributed by atoms with Crippen LogP contribution in [0.25, 0.3) is 0 Å². The Hall–Kier alpha value is -1.32. The van der Waals surface area contributed by atoms with E-state index in [9.17, 15) is 9.59 Å². The van der Waals surface area contributed by atoms with Crippen molar-refractivity contribution < 1.29 is 14.3 Å². The number of hydrogen-bond acceptors (Lipinski definition) is 3. The minimum Gasteiger partial charge on any atom is -0.460 e. The van der Waals surface area contributed by atoms with Gasteiger partial charge in [0.15, 0.2) is 0 Å². The highest BCUT2D eigenvalue weighted by atomic mass is 16.5. The molecule has 0 heterocycles. The Bertz CT molecular complexity index is 253. The lowest BCUT2D eigenvalue weighted by atomic mass is 9.97. The third kappa shape index (κ3) is 5.88. The average Bonchev–Trinajstić information content (AvgIpc) is 2.12. The summed E-state index contributed by atoms with van der Waals surface area (Å²) in [6, 6.07) is 0. The zero-order valence-electron chi connectivity index (χ0n) is 9.79. The van der Waals surface area contributed by atoms with Crippen molar-refractivity contribution in [2.24, 2.45) is 5.41 Å². The SMILES string of the molecule is C=CC(=O)NCC(C)OC(=O)C(C)(C)C. The quantitative estimate of drug-likeness (QED) is 0.565. The van der Waals surface area contributed by atoms with E-state index in [-0.39, 0.29) is 18.0 Å². The molecule has 0 radical (unpaired) electrons. The van der Waals surface area contributed by atoms with Crippen LogP contribution in [0.4, 0.5) is 0 Å². The molecule has 15 heavy (non-hydrogen) atoms. The number of nitrogens with one attached hydrogen (secondary N) is 1. The molecule has 0 aromatic rings. The van der Waals surface area contributed by atoms with Gasteiger partial charge in [-0.25, -0.2) is 0 Å². The molecule has 0 aliphatic carbocycles. The van der Waals surface area contributed by atoms with Crippen molar-refractivity contribution in [3.8, 4) is 0 Å². The predicted octanol–water partition coefficient (Wildman–Crippen LogP) is 1.27. The Morgan fingerprint density at radius 2 is 2.00 bits per heavy atom. The second kappa shape index (κ2) is 5.53. The van der Waals surface area contributed by atoms with Gasteiger partial charge in [-0.2, -0.15) is 0 Å². The molecule has 0 saturated carbocycles. The molecular formula is C11H19NO3. The summed E-state index contributed by atoms with van der Waals surface area (Å²) in [7, 11) is 0. The van der Waals surface area contributed by atoms with Gasteiger partial charge in [-0.3, -0.25) is 9.59 Å². The smallest absolute Gasteiger partial charge is 0.311 e. The van der Waals surface area contributed by atoms with Gasteiger partial charge in [0.2, 0.25) is 5.91 Å². The molecule has 0 spiro atoms. The van der Waals surface area contributed by atoms with Crippen LogP contribution < -0.4 is 5.32 Å². The molecule has 1 unspecified atom stereocenters. The summed E-state index contributed by atoms with van der Waals surface area (Å²) in [6.45, 7) is 10.7. The van der Waals surface area contributed by atoms with Crippen molar-refractivity contribution in [1.29, 1.82) is 0 Å². The number of carbonyl (C=O) groups is 2. The van der Waals surface area contributed by atoms with Gasteiger partial charge in [0.25, 0.3) is 0 Å². The van der Waals surface area contributed by atoms with Crippen molar-refractivity contribution in [1.82, 2.24) is 5.32 Å². The number of ether oxygens (including phenoxy) is 1. The van der Waals surface area contributed by atoms with Crippen molar-refractivity contribution in [3.05, 3.63) is 12.7 Å². The van der Waals surface area contributed by atoms with E-state index >= 15 is 0 Å². The van der Waals surface area contributed by atoms with Crippen LogP contribution in [0, 0.1) is 5.41 Å². The summed E-state index contributed by atoms with van der Waals surface area (Å²) in [4.78, 5) is 22.3. The maximum atomic E-state index is 11.4. The molecule has 0 aliphatic heterocycles. The molecule has 1 N–H and O–H groups in total. The lowest BCUT2D eigenvalue weighted by Gasteiger charge is -2.20. The van der Waals surface area contributed by atoms with Crippen LogP contribution in [0.5, 0.6) is 0 Å². The van der Waals surface area contributed by atoms with Crippen molar-refractivity contribution in [2.75, 3.05) is 6.54 Å². The number of rotatable bonds is 4. The number of esters is 1. The first-order valence-corrected chi connectivity index (χ1v) is 4.88. The molecule has 86 valence electrons. The number of carbonyl (C=O) groups excluding carboxylic acids is 2. The second-order valence-electron chi connectivity index (χ2n) is 4.42. The summed E-state index contributed by atoms with van der Waals surface area (Å²) in [6.07, 6.45) is 0.846. The molecule has 0 aromatic carbocycles. The lowest BCUT2D eigenvalue weighted by molar-refractivity contribution is -0.157. The van der Waals surface area contributed by atoms with Crippen LogP contribution >= 0.6 is 0 Å². The van der Waals surface area contributed by atoms with Crippen LogP contribution in [-0.4, -0.2) is 24.5 Å². The van der Waals surface area contributed by atoms with E-state index in [4.69, 9.17) is 4.74 Å². The van der Waals surface area contributed by atoms with Crippen LogP contribution in [-0.2, 0) is 14.3 Å². The number of amides is 1. The van der Waals surface area contributed by atoms with Gasteiger partial charge in [-0.05, 0) is 33.8 Å². The highest BCUT2D eigenvalue weighted by molar-refractivity contribution is 5.86. The second-order valence-corrected chi connectivity index (χ2v) is 4.42. The minimum absolute atomic E-state index is 0.270. The summed E-state index contributed by atoms with van der Waals surface area (Å²) in [5.74, 6) is -0.545. The zero-order valence-corrected chi connectivity index (χ0v) is 9.79. The van der Waals surface area contributed by atoms with Gasteiger partial charge < -0.3 is 10.1 Å². The fourth-order valence-corrected chi connectivity index (χ4v) is 0.718. The monoisotopic (exact) mass is 213 g/mol. The van der Waals surface area contributed by atoms with Gasteiger partial charge in [0.1, 0.15) is 6.10 Å². The van der Waals surface area contributed by atoms with Crippen LogP contribution in [0.15, 0.2) is 12.7 Å². The van der Waals surface area contributed by atoms with Crippen molar-refractivity contribution in [2.45, 2.75) is 33.8 Å². The van der Waals surface area contributed by atoms with Gasteiger partial charge >= 0.3 is 5.97 Å². The van der Waals surface area contributed by atoms with Crippen molar-refractivity contribution in [3.63, 3.8) is 0 Å². The maximum absolute atomic E-state index is 11.4. The average molecular weight is 213 g/mol. The van der Waals surface area contributed by atoms with E-state index in [0.717, 1.165) is 0 Å². The molecule has 0 saturated heterocycles. The molecule has 1 atom stereocenters. The molecule has 0 fully saturated rings. The first-order chi connectivity index (χ1) is 6.77. The predicted molar refractivity (Wildman–Crippen MR) is 58.2 cm³/mol. The first kappa shape index (κ1) is 13.7. The van der Waals surface area contributed by atoms with E-state index in [1.54, 1.807) is 27.7 Å². The molecule has 1 amide bonds. The zero-order chi connectivity index (χ0) is 12.1. The van der Waals surface area contributed by atoms with E-state index in [1.807, 2.05) is 0 Å². The molecule has 0 bridgehead atoms. The Kier molecular flexibility index (Phi) is 5.05. The summed E-state index contributed by atoms with van der Waals surface area (Å²) in [5.41, 5.74) is -0.517. The molecule has 0 rings (SSSR count). The molecule has 0 aromatic heterocycles. The van der Waals surface area contributed by atoms with Crippen LogP contribution in [0.3, 0.4) is 0 Å². The van der Waals surface area contributed by atoms with E-state index in [1.165, 1.54) is 6.08 Å². The molecule has 4 nitrogen and oxygen atoms in total. The van der Waals surface area contributed by atoms with Crippen LogP contribution in [0.1, 0.15) is 27.7 Å². The molecule has 0 aliphatic rings. The third-order valence-corrected chi connectivity index (χ3v) is 1.67. The Labute approximate surface area is 90.7 Å². The topological polar surface area (TPSA) is 55.4 Å². The van der Waals surface area contributed by atoms with E-state index in [0.29, 0.717) is 6.54 Å². The van der Waals surface area contributed by atoms with Gasteiger partial charge in [-0.15, -0.1) is 0 Å². The Morgan fingerprint density at radius 3 is 2.40 bits per heavy atom. The summed E-state index contributed by atoms with van der Waals surface area (Å²) in [5, 5.41) is 2.55. The Balaban J connectivity index is 3.94. The summed E-state index contributed by atoms with van der Waals surface area (Å²) >= 11 is 0. The summed E-state index contributed by atoms with van der Waals surface area (Å²) < 4.78 is 5.12. The normalized spacial score (nSPS) is 12.8. The van der Waals surface area contributed by atoms with Gasteiger partial charge in [0, 0.05) is 0 Å². The maximum Gasteiger partial charge on any atom is 0.311 e. The highest BCUT2D eigenvalue weighted by Crippen LogP contribution is 2.15. The minimum atomic E-state index is -0.517. The molecule has 4 heteroatoms. The van der Waals surface area contributed by atoms with Gasteiger partial charge in [-0.1, -0.05) is 6.58 Å². The highest BCUT2D eigenvalue weighted by Gasteiger charge is 2.24. The van der Waals surface area contributed by atoms with E-state index in [2.05, 4.69) is 11.9 Å². The number of hydrogen-bond donors (Lipinski definition) is 1. The van der Waals surface area contributed by atoms with Gasteiger partial charge in [0.05, 0.1) is 12.0 Å². The largest absolute Gasteiger partial charge is 0.460 e. The third-order valence-electron chi connectivity index (χ3n) is 1.67. The van der Waals surface area contributed by atoms with Crippen molar-refractivity contribution >= 4 is 11.9 Å². The lowest BCUT2D eigenvalue weighted by Crippen LogP contribution is -2.35. The van der Waals surface area contributed by atoms with Crippen LogP contribution in [0.2, 0.25) is 0 Å². The molecular weight excluding hydrogens is 194 g/mol.